The van der Waals surface area contributed by atoms with Gasteiger partial charge in [-0.2, -0.15) is 0 Å². The molecule has 0 fully saturated rings. The van der Waals surface area contributed by atoms with E-state index in [4.69, 9.17) is 0 Å². The summed E-state index contributed by atoms with van der Waals surface area (Å²) in [6.07, 6.45) is 4.00. The highest BCUT2D eigenvalue weighted by Gasteiger charge is 2.02. The Morgan fingerprint density at radius 1 is 1.25 bits per heavy atom. The molecule has 0 aliphatic heterocycles. The van der Waals surface area contributed by atoms with Gasteiger partial charge >= 0.3 is 0 Å². The maximum absolute atomic E-state index is 13.2. The molecule has 0 aliphatic rings. The molecule has 2 heterocycles. The third-order valence-corrected chi connectivity index (χ3v) is 1.91. The van der Waals surface area contributed by atoms with Crippen molar-refractivity contribution < 1.29 is 4.39 Å². The van der Waals surface area contributed by atoms with Crippen LogP contribution in [0.15, 0.2) is 36.8 Å². The van der Waals surface area contributed by atoms with Gasteiger partial charge in [-0.25, -0.2) is 9.37 Å². The fourth-order valence-corrected chi connectivity index (χ4v) is 1.18. The quantitative estimate of drug-likeness (QED) is 0.774. The highest BCUT2D eigenvalue weighted by Crippen LogP contribution is 2.19. The van der Waals surface area contributed by atoms with Crippen molar-refractivity contribution >= 4 is 17.2 Å². The molecule has 0 aromatic carbocycles. The normalized spacial score (nSPS) is 9.88. The topological polar surface area (TPSA) is 72.9 Å². The van der Waals surface area contributed by atoms with Crippen LogP contribution in [0, 0.1) is 11.0 Å². The molecular weight excluding hydrogens is 211 g/mol. The average Bonchev–Trinajstić information content (AvgIpc) is 2.32. The summed E-state index contributed by atoms with van der Waals surface area (Å²) in [5.74, 6) is -0.101. The van der Waals surface area contributed by atoms with E-state index < -0.39 is 5.82 Å². The molecular formula is C10H8FN4O-. The number of hydrogen-bond acceptors (Lipinski definition) is 5. The molecule has 16 heavy (non-hydrogen) atoms. The van der Waals surface area contributed by atoms with Crippen LogP contribution in [0.1, 0.15) is 0 Å². The van der Waals surface area contributed by atoms with Crippen LogP contribution in [0.25, 0.3) is 0 Å². The summed E-state index contributed by atoms with van der Waals surface area (Å²) >= 11 is 0. The van der Waals surface area contributed by atoms with Crippen molar-refractivity contribution in [1.82, 2.24) is 9.97 Å². The Morgan fingerprint density at radius 3 is 2.88 bits per heavy atom. The summed E-state index contributed by atoms with van der Waals surface area (Å²) < 4.78 is 13.2. The van der Waals surface area contributed by atoms with Gasteiger partial charge in [-0.15, -0.1) is 0 Å². The third kappa shape index (κ3) is 2.23. The van der Waals surface area contributed by atoms with Crippen LogP contribution in [-0.4, -0.2) is 9.97 Å². The lowest BCUT2D eigenvalue weighted by Gasteiger charge is -2.11. The van der Waals surface area contributed by atoms with E-state index in [2.05, 4.69) is 15.3 Å². The van der Waals surface area contributed by atoms with E-state index in [1.807, 2.05) is 0 Å². The second-order valence-corrected chi connectivity index (χ2v) is 3.01. The van der Waals surface area contributed by atoms with Crippen LogP contribution in [0.3, 0.4) is 0 Å². The zero-order chi connectivity index (χ0) is 11.4. The molecule has 2 rings (SSSR count). The number of hydrogen-bond donors (Lipinski definition) is 2. The molecule has 6 heteroatoms. The van der Waals surface area contributed by atoms with Crippen LogP contribution in [0.5, 0.6) is 0 Å². The Bertz CT molecular complexity index is 492. The number of pyridine rings is 2. The summed E-state index contributed by atoms with van der Waals surface area (Å²) in [4.78, 5) is 7.57. The van der Waals surface area contributed by atoms with Crippen LogP contribution in [0.2, 0.25) is 0 Å². The smallest absolute Gasteiger partial charge is 0.164 e. The Hall–Kier alpha value is -2.21. The zero-order valence-electron chi connectivity index (χ0n) is 8.14. The number of nitrogens with zero attached hydrogens (tertiary/aromatic N) is 2. The van der Waals surface area contributed by atoms with Crippen LogP contribution >= 0.6 is 0 Å². The first kappa shape index (κ1) is 10.3. The van der Waals surface area contributed by atoms with Gasteiger partial charge in [0.25, 0.3) is 0 Å². The summed E-state index contributed by atoms with van der Waals surface area (Å²) in [6.45, 7) is 0. The minimum atomic E-state index is -0.482. The van der Waals surface area contributed by atoms with Crippen molar-refractivity contribution in [3.63, 3.8) is 0 Å². The van der Waals surface area contributed by atoms with Gasteiger partial charge in [-0.05, 0) is 12.1 Å². The van der Waals surface area contributed by atoms with Gasteiger partial charge in [0.15, 0.2) is 5.82 Å². The zero-order valence-corrected chi connectivity index (χ0v) is 8.14. The highest BCUT2D eigenvalue weighted by atomic mass is 19.1. The van der Waals surface area contributed by atoms with E-state index in [-0.39, 0.29) is 5.69 Å². The van der Waals surface area contributed by atoms with Gasteiger partial charge in [-0.3, -0.25) is 4.98 Å². The van der Waals surface area contributed by atoms with E-state index in [1.54, 1.807) is 5.48 Å². The molecule has 0 amide bonds. The largest absolute Gasteiger partial charge is 0.761 e. The van der Waals surface area contributed by atoms with Gasteiger partial charge < -0.3 is 16.0 Å². The van der Waals surface area contributed by atoms with E-state index in [1.165, 1.54) is 30.6 Å². The van der Waals surface area contributed by atoms with E-state index in [9.17, 15) is 9.60 Å². The van der Waals surface area contributed by atoms with Crippen molar-refractivity contribution in [2.24, 2.45) is 0 Å². The first-order chi connectivity index (χ1) is 7.79. The number of nitrogens with one attached hydrogen (secondary N) is 2. The molecule has 2 aromatic rings. The number of anilines is 3. The Morgan fingerprint density at radius 2 is 2.12 bits per heavy atom. The second kappa shape index (κ2) is 4.54. The standard InChI is InChI=1S/C10H8FN4O/c11-8-6-12-3-2-9(8)14-10-5-7(15-16)1-4-13-10/h1-6H,(H2-,12,13,14,15,16)/q-1. The van der Waals surface area contributed by atoms with Crippen LogP contribution in [-0.2, 0) is 0 Å². The number of aromatic nitrogens is 2. The third-order valence-electron chi connectivity index (χ3n) is 1.91. The molecule has 5 nitrogen and oxygen atoms in total. The van der Waals surface area contributed by atoms with Crippen molar-refractivity contribution in [1.29, 1.82) is 0 Å². The molecule has 0 unspecified atom stereocenters. The van der Waals surface area contributed by atoms with Gasteiger partial charge in [0, 0.05) is 24.1 Å². The maximum Gasteiger partial charge on any atom is 0.164 e. The Kier molecular flexibility index (Phi) is 2.93. The minimum absolute atomic E-state index is 0.255. The molecule has 0 aliphatic carbocycles. The van der Waals surface area contributed by atoms with Crippen molar-refractivity contribution in [3.05, 3.63) is 47.8 Å². The van der Waals surface area contributed by atoms with E-state index in [0.717, 1.165) is 6.20 Å². The molecule has 0 atom stereocenters. The van der Waals surface area contributed by atoms with Crippen molar-refractivity contribution in [2.45, 2.75) is 0 Å². The molecule has 0 saturated carbocycles. The minimum Gasteiger partial charge on any atom is -0.761 e. The first-order valence-corrected chi connectivity index (χ1v) is 4.50. The van der Waals surface area contributed by atoms with E-state index >= 15 is 0 Å². The van der Waals surface area contributed by atoms with Gasteiger partial charge in [0.2, 0.25) is 0 Å². The SMILES string of the molecule is [O-]Nc1ccnc(Nc2ccncc2F)c1. The molecule has 0 bridgehead atoms. The van der Waals surface area contributed by atoms with Crippen LogP contribution < -0.4 is 10.8 Å². The average molecular weight is 219 g/mol. The lowest BCUT2D eigenvalue weighted by atomic mass is 10.3. The van der Waals surface area contributed by atoms with Gasteiger partial charge in [0.1, 0.15) is 5.82 Å². The summed E-state index contributed by atoms with van der Waals surface area (Å²) in [5, 5.41) is 13.2. The summed E-state index contributed by atoms with van der Waals surface area (Å²) in [7, 11) is 0. The fourth-order valence-electron chi connectivity index (χ4n) is 1.18. The molecule has 0 saturated heterocycles. The molecule has 2 N–H and O–H groups in total. The van der Waals surface area contributed by atoms with Gasteiger partial charge in [-0.1, -0.05) is 0 Å². The fraction of sp³-hybridized carbons (Fsp3) is 0. The predicted octanol–water partition coefficient (Wildman–Crippen LogP) is 2.27. The Labute approximate surface area is 90.9 Å². The van der Waals surface area contributed by atoms with Gasteiger partial charge in [0.05, 0.1) is 11.9 Å². The highest BCUT2D eigenvalue weighted by molar-refractivity contribution is 5.60. The summed E-state index contributed by atoms with van der Waals surface area (Å²) in [6, 6.07) is 4.47. The monoisotopic (exact) mass is 219 g/mol. The lowest BCUT2D eigenvalue weighted by Crippen LogP contribution is -1.97. The molecule has 0 radical (unpaired) electrons. The van der Waals surface area contributed by atoms with Crippen molar-refractivity contribution in [3.8, 4) is 0 Å². The number of rotatable bonds is 3. The lowest BCUT2D eigenvalue weighted by molar-refractivity contribution is 0.625. The second-order valence-electron chi connectivity index (χ2n) is 3.01. The number of halogens is 1. The molecule has 82 valence electrons. The maximum atomic E-state index is 13.2. The Balaban J connectivity index is 2.24. The predicted molar refractivity (Wildman–Crippen MR) is 58.7 cm³/mol. The van der Waals surface area contributed by atoms with Crippen molar-refractivity contribution in [2.75, 3.05) is 10.8 Å². The first-order valence-electron chi connectivity index (χ1n) is 4.50. The molecule has 0 spiro atoms. The summed E-state index contributed by atoms with van der Waals surface area (Å²) in [5.41, 5.74) is 2.34. The van der Waals surface area contributed by atoms with E-state index in [0.29, 0.717) is 11.5 Å². The van der Waals surface area contributed by atoms with Crippen LogP contribution in [0.4, 0.5) is 21.6 Å². The molecule has 2 aromatic heterocycles.